The topological polar surface area (TPSA) is 81.1 Å². The minimum atomic E-state index is -0.0446. The van der Waals surface area contributed by atoms with Crippen LogP contribution in [0.5, 0.6) is 0 Å². The van der Waals surface area contributed by atoms with Gasteiger partial charge in [0.05, 0.1) is 0 Å². The maximum absolute atomic E-state index is 10.7. The van der Waals surface area contributed by atoms with Crippen molar-refractivity contribution in [3.05, 3.63) is 12.2 Å². The van der Waals surface area contributed by atoms with Crippen molar-refractivity contribution >= 4 is 18.3 Å². The van der Waals surface area contributed by atoms with Gasteiger partial charge in [-0.1, -0.05) is 13.5 Å². The van der Waals surface area contributed by atoms with E-state index in [1.165, 1.54) is 14.1 Å². The smallest absolute Gasteiger partial charge is 0.246 e. The van der Waals surface area contributed by atoms with Crippen molar-refractivity contribution in [2.45, 2.75) is 20.3 Å². The van der Waals surface area contributed by atoms with E-state index >= 15 is 0 Å². The van der Waals surface area contributed by atoms with Gasteiger partial charge in [0.1, 0.15) is 0 Å². The predicted octanol–water partition coefficient (Wildman–Crippen LogP) is 0.660. The molecule has 0 rings (SSSR count). The first-order valence-corrected chi connectivity index (χ1v) is 4.27. The molecule has 14 heavy (non-hydrogen) atoms. The van der Waals surface area contributed by atoms with Gasteiger partial charge in [0.15, 0.2) is 0 Å². The van der Waals surface area contributed by atoms with Gasteiger partial charge >= 0.3 is 0 Å². The van der Waals surface area contributed by atoms with Gasteiger partial charge in [-0.25, -0.2) is 0 Å². The van der Waals surface area contributed by atoms with Crippen LogP contribution in [-0.4, -0.2) is 26.5 Å². The molecule has 0 aliphatic rings. The van der Waals surface area contributed by atoms with E-state index in [9.17, 15) is 4.79 Å². The van der Waals surface area contributed by atoms with E-state index in [1.54, 1.807) is 6.92 Å². The Balaban J connectivity index is -0.0000000883. The molecule has 0 saturated carbocycles. The fourth-order valence-corrected chi connectivity index (χ4v) is 0.389. The van der Waals surface area contributed by atoms with Crippen LogP contribution in [-0.2, 0) is 4.79 Å². The molecule has 0 aromatic rings. The number of rotatable bonds is 3. The molecular weight excluding hydrogens is 202 g/mol. The maximum atomic E-state index is 10.7. The van der Waals surface area contributed by atoms with Gasteiger partial charge in [-0.3, -0.25) is 4.79 Å². The molecular formula is C9H24ClN3O. The summed E-state index contributed by atoms with van der Waals surface area (Å²) in [5, 5.41) is 2.69. The number of nitrogens with one attached hydrogen (secondary N) is 1. The Morgan fingerprint density at radius 3 is 1.86 bits per heavy atom. The lowest BCUT2D eigenvalue weighted by Crippen LogP contribution is -2.24. The van der Waals surface area contributed by atoms with Gasteiger partial charge in [0.2, 0.25) is 5.91 Å². The second-order valence-electron chi connectivity index (χ2n) is 2.04. The van der Waals surface area contributed by atoms with Crippen molar-refractivity contribution in [1.82, 2.24) is 5.32 Å². The third-order valence-electron chi connectivity index (χ3n) is 0.923. The molecule has 0 fully saturated rings. The molecule has 0 unspecified atom stereocenters. The highest BCUT2D eigenvalue weighted by Crippen LogP contribution is 1.84. The van der Waals surface area contributed by atoms with Gasteiger partial charge in [-0.2, -0.15) is 0 Å². The summed E-state index contributed by atoms with van der Waals surface area (Å²) in [5.74, 6) is -0.0446. The van der Waals surface area contributed by atoms with Crippen LogP contribution < -0.4 is 16.8 Å². The second kappa shape index (κ2) is 22.8. The molecule has 0 bridgehead atoms. The number of carbonyl (C=O) groups excluding carboxylic acids is 1. The van der Waals surface area contributed by atoms with Crippen LogP contribution in [0.4, 0.5) is 0 Å². The minimum Gasteiger partial charge on any atom is -0.352 e. The monoisotopic (exact) mass is 225 g/mol. The first-order valence-electron chi connectivity index (χ1n) is 4.27. The summed E-state index contributed by atoms with van der Waals surface area (Å²) in [7, 11) is 3.00. The van der Waals surface area contributed by atoms with E-state index in [-0.39, 0.29) is 18.3 Å². The highest BCUT2D eigenvalue weighted by Gasteiger charge is 1.96. The molecule has 88 valence electrons. The molecule has 4 nitrogen and oxygen atoms in total. The molecule has 0 atom stereocenters. The second-order valence-corrected chi connectivity index (χ2v) is 2.04. The van der Waals surface area contributed by atoms with Gasteiger partial charge in [-0.05, 0) is 27.4 Å². The summed E-state index contributed by atoms with van der Waals surface area (Å²) in [6.45, 7) is 7.95. The van der Waals surface area contributed by atoms with Crippen molar-refractivity contribution < 1.29 is 4.79 Å². The van der Waals surface area contributed by atoms with Crippen molar-refractivity contribution in [2.24, 2.45) is 11.5 Å². The van der Waals surface area contributed by atoms with Crippen LogP contribution in [0.15, 0.2) is 12.2 Å². The lowest BCUT2D eigenvalue weighted by Gasteiger charge is -1.99. The van der Waals surface area contributed by atoms with Crippen molar-refractivity contribution in [3.8, 4) is 0 Å². The number of hydrogen-bond acceptors (Lipinski definition) is 3. The van der Waals surface area contributed by atoms with Crippen LogP contribution in [0.2, 0.25) is 0 Å². The fourth-order valence-electron chi connectivity index (χ4n) is 0.389. The Kier molecular flexibility index (Phi) is 38.1. The molecule has 0 spiro atoms. The molecule has 0 aromatic carbocycles. The standard InChI is InChI=1S/C7H13NO.2CH5N.ClH/c1-4-5-8-7(9)6(2)3;2*1-2;/h2,4-5H2,1,3H3,(H,8,9);2*2H2,1H3;1H. The van der Waals surface area contributed by atoms with Crippen LogP contribution in [0.1, 0.15) is 20.3 Å². The number of carbonyl (C=O) groups is 1. The first kappa shape index (κ1) is 23.3. The zero-order chi connectivity index (χ0) is 11.3. The Hall–Kier alpha value is -0.580. The van der Waals surface area contributed by atoms with Gasteiger partial charge in [0, 0.05) is 12.1 Å². The summed E-state index contributed by atoms with van der Waals surface area (Å²) in [6.07, 6.45) is 0.971. The molecule has 0 saturated heterocycles. The number of halogens is 1. The normalized spacial score (nSPS) is 6.43. The predicted molar refractivity (Wildman–Crippen MR) is 65.6 cm³/mol. The van der Waals surface area contributed by atoms with E-state index in [0.717, 1.165) is 13.0 Å². The van der Waals surface area contributed by atoms with Crippen LogP contribution >= 0.6 is 12.4 Å². The van der Waals surface area contributed by atoms with E-state index in [2.05, 4.69) is 23.4 Å². The highest BCUT2D eigenvalue weighted by atomic mass is 35.5. The number of hydrogen-bond donors (Lipinski definition) is 3. The maximum Gasteiger partial charge on any atom is 0.246 e. The lowest BCUT2D eigenvalue weighted by atomic mass is 10.3. The average molecular weight is 226 g/mol. The molecule has 1 amide bonds. The summed E-state index contributed by atoms with van der Waals surface area (Å²) in [5.41, 5.74) is 9.57. The van der Waals surface area contributed by atoms with E-state index < -0.39 is 0 Å². The van der Waals surface area contributed by atoms with E-state index in [0.29, 0.717) is 5.57 Å². The van der Waals surface area contributed by atoms with Crippen molar-refractivity contribution in [1.29, 1.82) is 0 Å². The van der Waals surface area contributed by atoms with E-state index in [4.69, 9.17) is 0 Å². The SMILES string of the molecule is C=C(C)C(=O)NCCC.CN.CN.Cl. The molecule has 0 aliphatic heterocycles. The Bertz CT molecular complexity index is 129. The molecule has 0 heterocycles. The minimum absolute atomic E-state index is 0. The van der Waals surface area contributed by atoms with Crippen molar-refractivity contribution in [3.63, 3.8) is 0 Å². The average Bonchev–Trinajstić information content (AvgIpc) is 2.20. The highest BCUT2D eigenvalue weighted by molar-refractivity contribution is 5.91. The van der Waals surface area contributed by atoms with Crippen LogP contribution in [0.25, 0.3) is 0 Å². The number of amides is 1. The Labute approximate surface area is 93.5 Å². The zero-order valence-electron chi connectivity index (χ0n) is 9.59. The summed E-state index contributed by atoms with van der Waals surface area (Å²) in [6, 6.07) is 0. The van der Waals surface area contributed by atoms with Gasteiger partial charge in [0.25, 0.3) is 0 Å². The van der Waals surface area contributed by atoms with Gasteiger partial charge in [-0.15, -0.1) is 12.4 Å². The summed E-state index contributed by atoms with van der Waals surface area (Å²) in [4.78, 5) is 10.7. The molecule has 0 radical (unpaired) electrons. The largest absolute Gasteiger partial charge is 0.352 e. The van der Waals surface area contributed by atoms with Gasteiger partial charge < -0.3 is 16.8 Å². The van der Waals surface area contributed by atoms with E-state index in [1.807, 2.05) is 6.92 Å². The third-order valence-corrected chi connectivity index (χ3v) is 0.923. The zero-order valence-corrected chi connectivity index (χ0v) is 10.4. The van der Waals surface area contributed by atoms with Crippen LogP contribution in [0, 0.1) is 0 Å². The molecule has 5 heteroatoms. The third kappa shape index (κ3) is 22.5. The summed E-state index contributed by atoms with van der Waals surface area (Å²) < 4.78 is 0. The summed E-state index contributed by atoms with van der Waals surface area (Å²) >= 11 is 0. The Morgan fingerprint density at radius 1 is 1.29 bits per heavy atom. The lowest BCUT2D eigenvalue weighted by molar-refractivity contribution is -0.117. The fraction of sp³-hybridized carbons (Fsp3) is 0.667. The molecule has 0 aliphatic carbocycles. The quantitative estimate of drug-likeness (QED) is 0.618. The molecule has 5 N–H and O–H groups in total. The first-order chi connectivity index (χ1) is 6.18. The number of nitrogens with two attached hydrogens (primary N) is 2. The van der Waals surface area contributed by atoms with Crippen LogP contribution in [0.3, 0.4) is 0 Å². The van der Waals surface area contributed by atoms with Crippen molar-refractivity contribution in [2.75, 3.05) is 20.6 Å². The molecule has 0 aromatic heterocycles. The Morgan fingerprint density at radius 2 is 1.64 bits per heavy atom.